The van der Waals surface area contributed by atoms with Crippen molar-refractivity contribution in [2.75, 3.05) is 12.9 Å². The lowest BCUT2D eigenvalue weighted by Gasteiger charge is -2.00. The lowest BCUT2D eigenvalue weighted by Crippen LogP contribution is -1.88. The monoisotopic (exact) mass is 134 g/mol. The molecule has 0 radical (unpaired) electrons. The zero-order valence-corrected chi connectivity index (χ0v) is 5.96. The maximum Gasteiger partial charge on any atom is 0.191 e. The molecular formula is C5H10O2S. The van der Waals surface area contributed by atoms with Gasteiger partial charge in [-0.15, -0.1) is 0 Å². The summed E-state index contributed by atoms with van der Waals surface area (Å²) in [6, 6.07) is 0. The van der Waals surface area contributed by atoms with Crippen LogP contribution < -0.4 is 0 Å². The number of thioether (sulfide) groups is 1. The summed E-state index contributed by atoms with van der Waals surface area (Å²) in [4.78, 5) is 9.17. The van der Waals surface area contributed by atoms with Gasteiger partial charge in [-0.05, 0) is 19.8 Å². The predicted molar refractivity (Wildman–Crippen MR) is 35.4 cm³/mol. The van der Waals surface area contributed by atoms with E-state index in [1.807, 2.05) is 13.2 Å². The standard InChI is InChI=1S/C5H10O2S/c1-4-6-7-5(2)8-3/h2,4H2,1,3H3. The molecule has 0 atom stereocenters. The molecule has 0 aromatic rings. The lowest BCUT2D eigenvalue weighted by molar-refractivity contribution is -0.248. The molecular weight excluding hydrogens is 124 g/mol. The van der Waals surface area contributed by atoms with Gasteiger partial charge in [-0.3, -0.25) is 0 Å². The van der Waals surface area contributed by atoms with Gasteiger partial charge in [0.2, 0.25) is 0 Å². The molecule has 48 valence electrons. The zero-order chi connectivity index (χ0) is 6.41. The van der Waals surface area contributed by atoms with Crippen LogP contribution in [-0.2, 0) is 9.78 Å². The Morgan fingerprint density at radius 2 is 2.38 bits per heavy atom. The molecule has 0 aliphatic rings. The summed E-state index contributed by atoms with van der Waals surface area (Å²) < 4.78 is 0. The van der Waals surface area contributed by atoms with E-state index in [-0.39, 0.29) is 0 Å². The molecule has 2 nitrogen and oxygen atoms in total. The third-order valence-corrected chi connectivity index (χ3v) is 1.02. The van der Waals surface area contributed by atoms with Crippen molar-refractivity contribution in [1.82, 2.24) is 0 Å². The molecule has 0 rings (SSSR count). The Hall–Kier alpha value is -0.150. The Balaban J connectivity index is 2.99. The highest BCUT2D eigenvalue weighted by Gasteiger charge is 1.87. The summed E-state index contributed by atoms with van der Waals surface area (Å²) in [5.41, 5.74) is 0. The SMILES string of the molecule is C=C(OOCC)SC. The molecule has 0 unspecified atom stereocenters. The molecule has 0 aliphatic carbocycles. The van der Waals surface area contributed by atoms with Gasteiger partial charge in [-0.25, -0.2) is 0 Å². The van der Waals surface area contributed by atoms with E-state index < -0.39 is 0 Å². The largest absolute Gasteiger partial charge is 0.331 e. The second-order valence-electron chi connectivity index (χ2n) is 1.07. The van der Waals surface area contributed by atoms with E-state index in [2.05, 4.69) is 16.4 Å². The first kappa shape index (κ1) is 7.85. The summed E-state index contributed by atoms with van der Waals surface area (Å²) in [5.74, 6) is 0. The molecule has 0 bridgehead atoms. The van der Waals surface area contributed by atoms with Crippen LogP contribution >= 0.6 is 11.8 Å². The highest BCUT2D eigenvalue weighted by molar-refractivity contribution is 8.02. The highest BCUT2D eigenvalue weighted by atomic mass is 32.2. The number of hydrogen-bond donors (Lipinski definition) is 0. The normalized spacial score (nSPS) is 8.75. The minimum Gasteiger partial charge on any atom is -0.331 e. The molecule has 0 heterocycles. The molecule has 0 aromatic heterocycles. The third kappa shape index (κ3) is 4.02. The van der Waals surface area contributed by atoms with Crippen LogP contribution in [0.5, 0.6) is 0 Å². The fraction of sp³-hybridized carbons (Fsp3) is 0.600. The van der Waals surface area contributed by atoms with Gasteiger partial charge in [-0.1, -0.05) is 11.8 Å². The highest BCUT2D eigenvalue weighted by Crippen LogP contribution is 2.08. The van der Waals surface area contributed by atoms with Gasteiger partial charge in [-0.2, -0.15) is 4.89 Å². The van der Waals surface area contributed by atoms with Crippen molar-refractivity contribution in [3.63, 3.8) is 0 Å². The van der Waals surface area contributed by atoms with Crippen molar-refractivity contribution in [2.45, 2.75) is 6.92 Å². The van der Waals surface area contributed by atoms with E-state index >= 15 is 0 Å². The van der Waals surface area contributed by atoms with Crippen LogP contribution in [0, 0.1) is 0 Å². The summed E-state index contributed by atoms with van der Waals surface area (Å²) in [7, 11) is 0. The van der Waals surface area contributed by atoms with Crippen LogP contribution in [-0.4, -0.2) is 12.9 Å². The van der Waals surface area contributed by atoms with Gasteiger partial charge < -0.3 is 4.89 Å². The predicted octanol–water partition coefficient (Wildman–Crippen LogP) is 1.79. The van der Waals surface area contributed by atoms with Gasteiger partial charge in [0.05, 0.1) is 6.61 Å². The van der Waals surface area contributed by atoms with Crippen molar-refractivity contribution in [3.05, 3.63) is 11.7 Å². The Labute approximate surface area is 53.8 Å². The molecule has 0 saturated carbocycles. The van der Waals surface area contributed by atoms with Crippen molar-refractivity contribution >= 4 is 11.8 Å². The summed E-state index contributed by atoms with van der Waals surface area (Å²) >= 11 is 1.42. The van der Waals surface area contributed by atoms with Crippen LogP contribution in [0.25, 0.3) is 0 Å². The minimum atomic E-state index is 0.555. The van der Waals surface area contributed by atoms with E-state index in [1.54, 1.807) is 0 Å². The first-order valence-electron chi connectivity index (χ1n) is 2.33. The van der Waals surface area contributed by atoms with E-state index in [4.69, 9.17) is 0 Å². The Morgan fingerprint density at radius 1 is 1.75 bits per heavy atom. The molecule has 0 aliphatic heterocycles. The Kier molecular flexibility index (Phi) is 4.90. The second-order valence-corrected chi connectivity index (χ2v) is 1.93. The molecule has 0 N–H and O–H groups in total. The summed E-state index contributed by atoms with van der Waals surface area (Å²) in [6.07, 6.45) is 1.88. The molecule has 8 heavy (non-hydrogen) atoms. The zero-order valence-electron chi connectivity index (χ0n) is 5.14. The van der Waals surface area contributed by atoms with Crippen LogP contribution in [0.15, 0.2) is 11.7 Å². The maximum absolute atomic E-state index is 4.61. The first-order valence-corrected chi connectivity index (χ1v) is 3.56. The smallest absolute Gasteiger partial charge is 0.191 e. The van der Waals surface area contributed by atoms with Crippen molar-refractivity contribution in [3.8, 4) is 0 Å². The molecule has 3 heteroatoms. The third-order valence-electron chi connectivity index (χ3n) is 0.497. The molecule has 0 aromatic carbocycles. The quantitative estimate of drug-likeness (QED) is 0.332. The Bertz CT molecular complexity index is 72.8. The topological polar surface area (TPSA) is 18.5 Å². The van der Waals surface area contributed by atoms with Gasteiger partial charge >= 0.3 is 0 Å². The van der Waals surface area contributed by atoms with E-state index in [0.717, 1.165) is 0 Å². The summed E-state index contributed by atoms with van der Waals surface area (Å²) in [5, 5.41) is 0.590. The average Bonchev–Trinajstić information content (AvgIpc) is 1.83. The number of hydrogen-bond acceptors (Lipinski definition) is 3. The average molecular weight is 134 g/mol. The summed E-state index contributed by atoms with van der Waals surface area (Å²) in [6.45, 7) is 5.94. The molecule has 0 fully saturated rings. The number of rotatable bonds is 4. The fourth-order valence-electron chi connectivity index (χ4n) is 0.159. The first-order chi connectivity index (χ1) is 3.81. The molecule has 0 amide bonds. The minimum absolute atomic E-state index is 0.555. The van der Waals surface area contributed by atoms with Crippen LogP contribution in [0.1, 0.15) is 6.92 Å². The van der Waals surface area contributed by atoms with Gasteiger partial charge in [0.1, 0.15) is 0 Å². The van der Waals surface area contributed by atoms with Crippen molar-refractivity contribution in [2.24, 2.45) is 0 Å². The van der Waals surface area contributed by atoms with Gasteiger partial charge in [0.15, 0.2) is 5.09 Å². The van der Waals surface area contributed by atoms with E-state index in [9.17, 15) is 0 Å². The lowest BCUT2D eigenvalue weighted by atomic mass is 10.9. The van der Waals surface area contributed by atoms with Crippen LogP contribution in [0.3, 0.4) is 0 Å². The van der Waals surface area contributed by atoms with Crippen LogP contribution in [0.2, 0.25) is 0 Å². The van der Waals surface area contributed by atoms with Crippen molar-refractivity contribution in [1.29, 1.82) is 0 Å². The van der Waals surface area contributed by atoms with Crippen molar-refractivity contribution < 1.29 is 9.78 Å². The molecule has 0 saturated heterocycles. The van der Waals surface area contributed by atoms with Crippen LogP contribution in [0.4, 0.5) is 0 Å². The van der Waals surface area contributed by atoms with Gasteiger partial charge in [0, 0.05) is 0 Å². The van der Waals surface area contributed by atoms with Gasteiger partial charge in [0.25, 0.3) is 0 Å². The maximum atomic E-state index is 4.61. The van der Waals surface area contributed by atoms with E-state index in [1.165, 1.54) is 11.8 Å². The Morgan fingerprint density at radius 3 is 2.75 bits per heavy atom. The van der Waals surface area contributed by atoms with E-state index in [0.29, 0.717) is 11.7 Å². The second kappa shape index (κ2) is 5.00. The molecule has 0 spiro atoms. The fourth-order valence-corrected chi connectivity index (χ4v) is 0.275.